The monoisotopic (exact) mass is 284 g/mol. The number of thioether (sulfide) groups is 1. The van der Waals surface area contributed by atoms with Gasteiger partial charge in [0.2, 0.25) is 5.91 Å². The number of carbonyl (C=O) groups is 1. The Balaban J connectivity index is 1.84. The molecular weight excluding hydrogens is 268 g/mol. The maximum Gasteiger partial charge on any atom is 0.244 e. The van der Waals surface area contributed by atoms with E-state index in [0.717, 1.165) is 11.1 Å². The molecule has 0 aliphatic carbocycles. The molecule has 0 aliphatic heterocycles. The highest BCUT2D eigenvalue weighted by Crippen LogP contribution is 2.13. The van der Waals surface area contributed by atoms with Crippen molar-refractivity contribution in [2.45, 2.75) is 11.3 Å². The summed E-state index contributed by atoms with van der Waals surface area (Å²) in [6, 6.07) is 17.6. The standard InChI is InChI=1S/C16H16N2OS/c1-20-15-9-7-14(8-10-15)12-17-18-16(19)11-13-5-3-2-4-6-13/h2-10,12H,11H2,1H3,(H,18,19)/b17-12+. The zero-order valence-corrected chi connectivity index (χ0v) is 12.1. The smallest absolute Gasteiger partial charge is 0.244 e. The fourth-order valence-corrected chi connectivity index (χ4v) is 2.10. The van der Waals surface area contributed by atoms with Crippen LogP contribution in [0.3, 0.4) is 0 Å². The van der Waals surface area contributed by atoms with Crippen LogP contribution in [0.1, 0.15) is 11.1 Å². The van der Waals surface area contributed by atoms with Crippen LogP contribution in [0.4, 0.5) is 0 Å². The average Bonchev–Trinajstić information content (AvgIpc) is 2.49. The number of hydrazone groups is 1. The van der Waals surface area contributed by atoms with Crippen LogP contribution in [0.25, 0.3) is 0 Å². The summed E-state index contributed by atoms with van der Waals surface area (Å²) in [4.78, 5) is 12.9. The molecule has 0 atom stereocenters. The Kier molecular flexibility index (Phi) is 5.38. The third-order valence-electron chi connectivity index (χ3n) is 2.73. The number of amides is 1. The number of hydrogen-bond acceptors (Lipinski definition) is 3. The van der Waals surface area contributed by atoms with Crippen LogP contribution >= 0.6 is 11.8 Å². The first-order chi connectivity index (χ1) is 9.78. The third-order valence-corrected chi connectivity index (χ3v) is 3.47. The van der Waals surface area contributed by atoms with Crippen LogP contribution in [0.2, 0.25) is 0 Å². The highest BCUT2D eigenvalue weighted by Gasteiger charge is 2.00. The van der Waals surface area contributed by atoms with Gasteiger partial charge in [0.15, 0.2) is 0 Å². The van der Waals surface area contributed by atoms with Gasteiger partial charge in [0.25, 0.3) is 0 Å². The molecule has 0 aromatic heterocycles. The number of hydrogen-bond donors (Lipinski definition) is 1. The second kappa shape index (κ2) is 7.50. The second-order valence-corrected chi connectivity index (χ2v) is 5.11. The van der Waals surface area contributed by atoms with E-state index in [1.807, 2.05) is 60.9 Å². The highest BCUT2D eigenvalue weighted by molar-refractivity contribution is 7.98. The van der Waals surface area contributed by atoms with Crippen molar-refractivity contribution >= 4 is 23.9 Å². The molecule has 20 heavy (non-hydrogen) atoms. The topological polar surface area (TPSA) is 41.5 Å². The molecular formula is C16H16N2OS. The predicted octanol–water partition coefficient (Wildman–Crippen LogP) is 3.10. The van der Waals surface area contributed by atoms with Gasteiger partial charge in [-0.1, -0.05) is 42.5 Å². The summed E-state index contributed by atoms with van der Waals surface area (Å²) >= 11 is 1.69. The Hall–Kier alpha value is -2.07. The molecule has 1 amide bonds. The van der Waals surface area contributed by atoms with Gasteiger partial charge >= 0.3 is 0 Å². The number of nitrogens with zero attached hydrogens (tertiary/aromatic N) is 1. The molecule has 0 bridgehead atoms. The maximum atomic E-state index is 11.7. The van der Waals surface area contributed by atoms with Crippen molar-refractivity contribution in [3.8, 4) is 0 Å². The van der Waals surface area contributed by atoms with Gasteiger partial charge in [0, 0.05) is 4.90 Å². The highest BCUT2D eigenvalue weighted by atomic mass is 32.2. The fraction of sp³-hybridized carbons (Fsp3) is 0.125. The second-order valence-electron chi connectivity index (χ2n) is 4.23. The number of rotatable bonds is 5. The normalized spacial score (nSPS) is 10.7. The predicted molar refractivity (Wildman–Crippen MR) is 84.1 cm³/mol. The van der Waals surface area contributed by atoms with Crippen LogP contribution in [-0.2, 0) is 11.2 Å². The Morgan fingerprint density at radius 2 is 1.85 bits per heavy atom. The SMILES string of the molecule is CSc1ccc(/C=N/NC(=O)Cc2ccccc2)cc1. The Labute approximate surface area is 123 Å². The summed E-state index contributed by atoms with van der Waals surface area (Å²) in [6.07, 6.45) is 4.02. The van der Waals surface area contributed by atoms with Crippen molar-refractivity contribution in [1.29, 1.82) is 0 Å². The van der Waals surface area contributed by atoms with Gasteiger partial charge in [0.1, 0.15) is 0 Å². The van der Waals surface area contributed by atoms with Crippen molar-refractivity contribution < 1.29 is 4.79 Å². The van der Waals surface area contributed by atoms with Gasteiger partial charge in [-0.15, -0.1) is 11.8 Å². The molecule has 2 aromatic rings. The Bertz CT molecular complexity index is 579. The molecule has 0 saturated heterocycles. The maximum absolute atomic E-state index is 11.7. The van der Waals surface area contributed by atoms with E-state index in [9.17, 15) is 4.79 Å². The van der Waals surface area contributed by atoms with Crippen molar-refractivity contribution in [3.63, 3.8) is 0 Å². The quantitative estimate of drug-likeness (QED) is 0.521. The third kappa shape index (κ3) is 4.55. The molecule has 4 heteroatoms. The molecule has 0 radical (unpaired) electrons. The summed E-state index contributed by atoms with van der Waals surface area (Å²) < 4.78 is 0. The number of benzene rings is 2. The lowest BCUT2D eigenvalue weighted by molar-refractivity contribution is -0.120. The van der Waals surface area contributed by atoms with Gasteiger partial charge in [0.05, 0.1) is 12.6 Å². The first-order valence-electron chi connectivity index (χ1n) is 6.28. The van der Waals surface area contributed by atoms with Gasteiger partial charge in [-0.25, -0.2) is 5.43 Å². The molecule has 0 spiro atoms. The zero-order chi connectivity index (χ0) is 14.2. The van der Waals surface area contributed by atoms with Crippen LogP contribution in [0.5, 0.6) is 0 Å². The average molecular weight is 284 g/mol. The molecule has 102 valence electrons. The molecule has 0 saturated carbocycles. The molecule has 2 aromatic carbocycles. The summed E-state index contributed by atoms with van der Waals surface area (Å²) in [7, 11) is 0. The van der Waals surface area contributed by atoms with Crippen LogP contribution in [0.15, 0.2) is 64.6 Å². The summed E-state index contributed by atoms with van der Waals surface area (Å²) in [5, 5.41) is 3.96. The minimum atomic E-state index is -0.117. The molecule has 0 heterocycles. The molecule has 0 unspecified atom stereocenters. The van der Waals surface area contributed by atoms with Crippen LogP contribution in [-0.4, -0.2) is 18.4 Å². The molecule has 0 aliphatic rings. The molecule has 3 nitrogen and oxygen atoms in total. The molecule has 0 fully saturated rings. The van der Waals surface area contributed by atoms with Gasteiger partial charge in [-0.05, 0) is 29.5 Å². The number of nitrogens with one attached hydrogen (secondary N) is 1. The molecule has 2 rings (SSSR count). The molecule has 1 N–H and O–H groups in total. The van der Waals surface area contributed by atoms with Crippen LogP contribution < -0.4 is 5.43 Å². The Morgan fingerprint density at radius 1 is 1.15 bits per heavy atom. The Morgan fingerprint density at radius 3 is 2.50 bits per heavy atom. The van der Waals surface area contributed by atoms with E-state index >= 15 is 0 Å². The first-order valence-corrected chi connectivity index (χ1v) is 7.50. The van der Waals surface area contributed by atoms with E-state index in [1.54, 1.807) is 18.0 Å². The number of carbonyl (C=O) groups excluding carboxylic acids is 1. The van der Waals surface area contributed by atoms with E-state index in [2.05, 4.69) is 10.5 Å². The lowest BCUT2D eigenvalue weighted by Gasteiger charge is -2.00. The van der Waals surface area contributed by atoms with Gasteiger partial charge in [-0.3, -0.25) is 4.79 Å². The van der Waals surface area contributed by atoms with Crippen LogP contribution in [0, 0.1) is 0 Å². The first kappa shape index (κ1) is 14.3. The lowest BCUT2D eigenvalue weighted by atomic mass is 10.1. The minimum Gasteiger partial charge on any atom is -0.273 e. The minimum absolute atomic E-state index is 0.117. The van der Waals surface area contributed by atoms with E-state index in [1.165, 1.54) is 4.90 Å². The van der Waals surface area contributed by atoms with Crippen molar-refractivity contribution in [2.75, 3.05) is 6.26 Å². The van der Waals surface area contributed by atoms with E-state index in [0.29, 0.717) is 6.42 Å². The zero-order valence-electron chi connectivity index (χ0n) is 11.2. The lowest BCUT2D eigenvalue weighted by Crippen LogP contribution is -2.19. The van der Waals surface area contributed by atoms with Crippen molar-refractivity contribution in [3.05, 3.63) is 65.7 Å². The van der Waals surface area contributed by atoms with Gasteiger partial charge in [-0.2, -0.15) is 5.10 Å². The summed E-state index contributed by atoms with van der Waals surface area (Å²) in [5.41, 5.74) is 4.47. The van der Waals surface area contributed by atoms with E-state index in [-0.39, 0.29) is 5.91 Å². The van der Waals surface area contributed by atoms with E-state index in [4.69, 9.17) is 0 Å². The van der Waals surface area contributed by atoms with E-state index < -0.39 is 0 Å². The summed E-state index contributed by atoms with van der Waals surface area (Å²) in [6.45, 7) is 0. The summed E-state index contributed by atoms with van der Waals surface area (Å²) in [5.74, 6) is -0.117. The van der Waals surface area contributed by atoms with Crippen molar-refractivity contribution in [1.82, 2.24) is 5.43 Å². The van der Waals surface area contributed by atoms with Crippen molar-refractivity contribution in [2.24, 2.45) is 5.10 Å². The fourth-order valence-electron chi connectivity index (χ4n) is 1.69. The van der Waals surface area contributed by atoms with Gasteiger partial charge < -0.3 is 0 Å². The largest absolute Gasteiger partial charge is 0.273 e.